The second kappa shape index (κ2) is 11.1. The van der Waals surface area contributed by atoms with E-state index in [0.717, 1.165) is 13.1 Å². The van der Waals surface area contributed by atoms with E-state index in [1.54, 1.807) is 19.2 Å². The molecule has 0 unspecified atom stereocenters. The van der Waals surface area contributed by atoms with Crippen LogP contribution in [0, 0.1) is 11.8 Å². The number of amides is 1. The van der Waals surface area contributed by atoms with Crippen LogP contribution in [0.2, 0.25) is 0 Å². The van der Waals surface area contributed by atoms with E-state index in [2.05, 4.69) is 37.7 Å². The molecule has 0 aliphatic heterocycles. The Morgan fingerprint density at radius 1 is 1.06 bits per heavy atom. The molecule has 0 radical (unpaired) electrons. The Morgan fingerprint density at radius 2 is 1.65 bits per heavy atom. The topological polar surface area (TPSA) is 87.8 Å². The molecule has 0 saturated heterocycles. The van der Waals surface area contributed by atoms with Gasteiger partial charge in [-0.2, -0.15) is 0 Å². The molecule has 0 saturated carbocycles. The van der Waals surface area contributed by atoms with Gasteiger partial charge in [-0.3, -0.25) is 14.5 Å². The average molecular weight is 433 g/mol. The van der Waals surface area contributed by atoms with Crippen LogP contribution >= 0.6 is 0 Å². The fourth-order valence-electron chi connectivity index (χ4n) is 3.53. The maximum absolute atomic E-state index is 13.0. The van der Waals surface area contributed by atoms with Gasteiger partial charge in [-0.25, -0.2) is 4.98 Å². The molecule has 172 valence electrons. The van der Waals surface area contributed by atoms with Gasteiger partial charge in [0.1, 0.15) is 5.82 Å². The van der Waals surface area contributed by atoms with Gasteiger partial charge >= 0.3 is 0 Å². The van der Waals surface area contributed by atoms with Crippen molar-refractivity contribution in [3.05, 3.63) is 28.3 Å². The van der Waals surface area contributed by atoms with Crippen molar-refractivity contribution >= 4 is 16.8 Å². The molecule has 2 rings (SSSR count). The number of methoxy groups -OCH3 is 2. The molecular formula is C23H36N4O4. The maximum atomic E-state index is 13.0. The number of likely N-dealkylation sites (N-methyl/N-ethyl adjacent to an activating group) is 1. The summed E-state index contributed by atoms with van der Waals surface area (Å²) in [4.78, 5) is 37.0. The first-order valence-electron chi connectivity index (χ1n) is 10.8. The van der Waals surface area contributed by atoms with Crippen molar-refractivity contribution in [3.63, 3.8) is 0 Å². The first-order valence-corrected chi connectivity index (χ1v) is 10.8. The summed E-state index contributed by atoms with van der Waals surface area (Å²) in [7, 11) is 3.07. The van der Waals surface area contributed by atoms with Gasteiger partial charge in [0.2, 0.25) is 5.91 Å². The van der Waals surface area contributed by atoms with Crippen molar-refractivity contribution in [3.8, 4) is 11.5 Å². The number of ether oxygens (including phenoxy) is 2. The molecule has 31 heavy (non-hydrogen) atoms. The molecule has 1 aromatic heterocycles. The lowest BCUT2D eigenvalue weighted by Crippen LogP contribution is -2.43. The maximum Gasteiger partial charge on any atom is 0.258 e. The van der Waals surface area contributed by atoms with Crippen molar-refractivity contribution in [1.29, 1.82) is 0 Å². The van der Waals surface area contributed by atoms with Crippen LogP contribution in [0.15, 0.2) is 16.9 Å². The number of nitrogens with one attached hydrogen (secondary N) is 1. The van der Waals surface area contributed by atoms with Gasteiger partial charge < -0.3 is 19.4 Å². The predicted octanol–water partition coefficient (Wildman–Crippen LogP) is 2.90. The first kappa shape index (κ1) is 24.7. The fourth-order valence-corrected chi connectivity index (χ4v) is 3.53. The third-order valence-electron chi connectivity index (χ3n) is 4.96. The van der Waals surface area contributed by atoms with Crippen molar-refractivity contribution in [2.24, 2.45) is 11.8 Å². The fraction of sp³-hybridized carbons (Fsp3) is 0.609. The van der Waals surface area contributed by atoms with E-state index < -0.39 is 0 Å². The molecule has 0 spiro atoms. The van der Waals surface area contributed by atoms with Gasteiger partial charge in [0.25, 0.3) is 5.56 Å². The van der Waals surface area contributed by atoms with Gasteiger partial charge in [0.15, 0.2) is 11.5 Å². The number of carbonyl (C=O) groups is 1. The summed E-state index contributed by atoms with van der Waals surface area (Å²) in [6.45, 7) is 13.3. The third kappa shape index (κ3) is 6.69. The number of aromatic nitrogens is 2. The van der Waals surface area contributed by atoms with E-state index in [1.165, 1.54) is 7.11 Å². The lowest BCUT2D eigenvalue weighted by Gasteiger charge is -2.29. The molecular weight excluding hydrogens is 396 g/mol. The Labute approximate surface area is 184 Å². The molecule has 0 aliphatic rings. The van der Waals surface area contributed by atoms with Crippen molar-refractivity contribution < 1.29 is 14.3 Å². The van der Waals surface area contributed by atoms with Crippen molar-refractivity contribution in [2.75, 3.05) is 40.4 Å². The lowest BCUT2D eigenvalue weighted by atomic mass is 10.1. The van der Waals surface area contributed by atoms with Crippen LogP contribution in [0.25, 0.3) is 10.9 Å². The van der Waals surface area contributed by atoms with Crippen LogP contribution in [0.1, 0.15) is 40.4 Å². The summed E-state index contributed by atoms with van der Waals surface area (Å²) in [5.74, 6) is 2.41. The lowest BCUT2D eigenvalue weighted by molar-refractivity contribution is -0.133. The van der Waals surface area contributed by atoms with Crippen molar-refractivity contribution in [2.45, 2.75) is 41.2 Å². The van der Waals surface area contributed by atoms with E-state index in [1.807, 2.05) is 16.7 Å². The Morgan fingerprint density at radius 3 is 2.16 bits per heavy atom. The highest BCUT2D eigenvalue weighted by Gasteiger charge is 2.20. The normalized spacial score (nSPS) is 11.5. The predicted molar refractivity (Wildman–Crippen MR) is 123 cm³/mol. The quantitative estimate of drug-likeness (QED) is 0.587. The molecule has 1 N–H and O–H groups in total. The molecule has 0 aliphatic carbocycles. The Bertz CT molecular complexity index is 929. The number of aromatic amines is 1. The van der Waals surface area contributed by atoms with Gasteiger partial charge in [-0.15, -0.1) is 0 Å². The van der Waals surface area contributed by atoms with Gasteiger partial charge in [0.05, 0.1) is 38.2 Å². The first-order chi connectivity index (χ1) is 14.7. The van der Waals surface area contributed by atoms with Crippen LogP contribution in [0.5, 0.6) is 11.5 Å². The number of hydrogen-bond donors (Lipinski definition) is 1. The Balaban J connectivity index is 2.24. The molecule has 0 atom stereocenters. The summed E-state index contributed by atoms with van der Waals surface area (Å²) in [5, 5.41) is 0.431. The second-order valence-corrected chi connectivity index (χ2v) is 8.63. The summed E-state index contributed by atoms with van der Waals surface area (Å²) in [5.41, 5.74) is 0.282. The Hall–Kier alpha value is -2.61. The summed E-state index contributed by atoms with van der Waals surface area (Å²) >= 11 is 0. The highest BCUT2D eigenvalue weighted by molar-refractivity contribution is 5.82. The van der Waals surface area contributed by atoms with Crippen LogP contribution in [-0.4, -0.2) is 66.1 Å². The largest absolute Gasteiger partial charge is 0.493 e. The molecule has 1 heterocycles. The minimum Gasteiger partial charge on any atom is -0.493 e. The van der Waals surface area contributed by atoms with Crippen LogP contribution in [0.3, 0.4) is 0 Å². The number of rotatable bonds is 11. The number of carbonyl (C=O) groups excluding carboxylic acids is 1. The highest BCUT2D eigenvalue weighted by Crippen LogP contribution is 2.29. The van der Waals surface area contributed by atoms with Gasteiger partial charge in [0, 0.05) is 19.2 Å². The molecule has 0 fully saturated rings. The number of benzene rings is 1. The van der Waals surface area contributed by atoms with E-state index in [0.29, 0.717) is 53.2 Å². The summed E-state index contributed by atoms with van der Waals surface area (Å²) < 4.78 is 10.6. The monoisotopic (exact) mass is 432 g/mol. The second-order valence-electron chi connectivity index (χ2n) is 8.63. The van der Waals surface area contributed by atoms with E-state index >= 15 is 0 Å². The number of nitrogens with zero attached hydrogens (tertiary/aromatic N) is 3. The molecule has 2 aromatic rings. The minimum atomic E-state index is -0.246. The number of H-pyrrole nitrogens is 1. The minimum absolute atomic E-state index is 0.0961. The van der Waals surface area contributed by atoms with E-state index in [4.69, 9.17) is 9.47 Å². The molecule has 1 amide bonds. The smallest absolute Gasteiger partial charge is 0.258 e. The van der Waals surface area contributed by atoms with Crippen LogP contribution in [-0.2, 0) is 11.3 Å². The Kier molecular flexibility index (Phi) is 8.86. The van der Waals surface area contributed by atoms with Crippen LogP contribution in [0.4, 0.5) is 0 Å². The zero-order chi connectivity index (χ0) is 23.1. The zero-order valence-electron chi connectivity index (χ0n) is 19.8. The number of fused-ring (bicyclic) bond motifs is 1. The van der Waals surface area contributed by atoms with Gasteiger partial charge in [-0.05, 0) is 24.4 Å². The van der Waals surface area contributed by atoms with Crippen molar-refractivity contribution in [1.82, 2.24) is 19.8 Å². The summed E-state index contributed by atoms with van der Waals surface area (Å²) in [6.07, 6.45) is 0. The third-order valence-corrected chi connectivity index (χ3v) is 4.96. The molecule has 0 bridgehead atoms. The van der Waals surface area contributed by atoms with Gasteiger partial charge in [-0.1, -0.05) is 34.6 Å². The molecule has 8 heteroatoms. The molecule has 1 aromatic carbocycles. The highest BCUT2D eigenvalue weighted by atomic mass is 16.5. The van der Waals surface area contributed by atoms with E-state index in [9.17, 15) is 9.59 Å². The van der Waals surface area contributed by atoms with E-state index in [-0.39, 0.29) is 18.0 Å². The SMILES string of the molecule is CCN(CC(=O)N(CC(C)C)CC(C)C)Cc1nc2cc(OC)c(OC)cc2c(=O)[nH]1. The number of hydrogen-bond acceptors (Lipinski definition) is 6. The average Bonchev–Trinajstić information content (AvgIpc) is 2.71. The zero-order valence-corrected chi connectivity index (χ0v) is 19.8. The molecule has 8 nitrogen and oxygen atoms in total. The van der Waals surface area contributed by atoms with Crippen LogP contribution < -0.4 is 15.0 Å². The summed E-state index contributed by atoms with van der Waals surface area (Å²) in [6, 6.07) is 3.32. The standard InChI is InChI=1S/C23H36N4O4/c1-8-26(14-22(28)27(11-15(2)3)12-16(4)5)13-21-24-18-10-20(31-7)19(30-6)9-17(18)23(29)25-21/h9-10,15-16H,8,11-14H2,1-7H3,(H,24,25,29).